The summed E-state index contributed by atoms with van der Waals surface area (Å²) in [6.07, 6.45) is 1.46. The van der Waals surface area contributed by atoms with E-state index < -0.39 is 16.0 Å². The molecule has 2 rings (SSSR count). The van der Waals surface area contributed by atoms with Gasteiger partial charge in [-0.15, -0.1) is 10.2 Å². The third kappa shape index (κ3) is 3.00. The van der Waals surface area contributed by atoms with E-state index in [1.54, 1.807) is 11.6 Å². The Bertz CT molecular complexity index is 721. The van der Waals surface area contributed by atoms with Crippen LogP contribution < -0.4 is 4.72 Å². The van der Waals surface area contributed by atoms with Crippen molar-refractivity contribution in [2.45, 2.75) is 11.4 Å². The molecule has 0 amide bonds. The summed E-state index contributed by atoms with van der Waals surface area (Å²) in [5.41, 5.74) is 0.0252. The average Bonchev–Trinajstić information content (AvgIpc) is 2.82. The predicted molar refractivity (Wildman–Crippen MR) is 68.4 cm³/mol. The Hall–Kier alpha value is -2.26. The molecule has 106 valence electrons. The highest BCUT2D eigenvalue weighted by atomic mass is 32.2. The molecule has 9 heteroatoms. The van der Waals surface area contributed by atoms with Crippen LogP contribution in [0.3, 0.4) is 0 Å². The topological polar surface area (TPSA) is 114 Å². The van der Waals surface area contributed by atoms with E-state index in [1.807, 2.05) is 0 Å². The van der Waals surface area contributed by atoms with Crippen LogP contribution in [-0.4, -0.2) is 34.3 Å². The fourth-order valence-electron chi connectivity index (χ4n) is 1.49. The number of nitrogens with zero attached hydrogens (tertiary/aromatic N) is 3. The molecule has 8 nitrogen and oxygen atoms in total. The van der Waals surface area contributed by atoms with E-state index in [0.717, 1.165) is 0 Å². The number of aromatic carboxylic acids is 1. The lowest BCUT2D eigenvalue weighted by molar-refractivity contribution is 0.0696. The molecule has 0 aliphatic rings. The first-order chi connectivity index (χ1) is 9.40. The molecule has 0 atom stereocenters. The molecule has 1 aromatic heterocycles. The Morgan fingerprint density at radius 1 is 1.35 bits per heavy atom. The van der Waals surface area contributed by atoms with Crippen LogP contribution in [0, 0.1) is 0 Å². The first-order valence-corrected chi connectivity index (χ1v) is 7.04. The first-order valence-electron chi connectivity index (χ1n) is 5.56. The van der Waals surface area contributed by atoms with Gasteiger partial charge in [-0.3, -0.25) is 0 Å². The second-order valence-corrected chi connectivity index (χ2v) is 5.78. The maximum Gasteiger partial charge on any atom is 0.335 e. The van der Waals surface area contributed by atoms with Crippen LogP contribution in [0.1, 0.15) is 16.2 Å². The van der Waals surface area contributed by atoms with Crippen LogP contribution in [-0.2, 0) is 23.6 Å². The number of aromatic nitrogens is 3. The third-order valence-corrected chi connectivity index (χ3v) is 4.05. The van der Waals surface area contributed by atoms with Crippen molar-refractivity contribution in [3.8, 4) is 0 Å². The minimum atomic E-state index is -3.72. The molecule has 0 saturated heterocycles. The second-order valence-electron chi connectivity index (χ2n) is 4.01. The summed E-state index contributed by atoms with van der Waals surface area (Å²) in [5.74, 6) is -0.642. The zero-order valence-electron chi connectivity index (χ0n) is 10.5. The van der Waals surface area contributed by atoms with Gasteiger partial charge in [-0.05, 0) is 24.3 Å². The van der Waals surface area contributed by atoms with E-state index in [2.05, 4.69) is 14.9 Å². The van der Waals surface area contributed by atoms with Crippen molar-refractivity contribution in [3.63, 3.8) is 0 Å². The number of rotatable bonds is 5. The van der Waals surface area contributed by atoms with Gasteiger partial charge in [0.2, 0.25) is 10.0 Å². The van der Waals surface area contributed by atoms with Crippen LogP contribution in [0.15, 0.2) is 35.5 Å². The molecule has 0 bridgehead atoms. The second kappa shape index (κ2) is 5.39. The molecule has 0 aliphatic heterocycles. The fourth-order valence-corrected chi connectivity index (χ4v) is 2.47. The molecule has 2 aromatic rings. The van der Waals surface area contributed by atoms with Gasteiger partial charge in [0.15, 0.2) is 0 Å². The monoisotopic (exact) mass is 296 g/mol. The van der Waals surface area contributed by atoms with Crippen molar-refractivity contribution in [3.05, 3.63) is 42.0 Å². The van der Waals surface area contributed by atoms with E-state index in [0.29, 0.717) is 5.82 Å². The van der Waals surface area contributed by atoms with E-state index in [4.69, 9.17) is 5.11 Å². The van der Waals surface area contributed by atoms with Gasteiger partial charge in [0.05, 0.1) is 17.0 Å². The molecule has 0 radical (unpaired) electrons. The average molecular weight is 296 g/mol. The number of hydrogen-bond acceptors (Lipinski definition) is 5. The zero-order chi connectivity index (χ0) is 14.8. The van der Waals surface area contributed by atoms with Gasteiger partial charge >= 0.3 is 5.97 Å². The molecule has 1 aromatic carbocycles. The summed E-state index contributed by atoms with van der Waals surface area (Å²) < 4.78 is 28.0. The van der Waals surface area contributed by atoms with E-state index in [1.165, 1.54) is 30.6 Å². The first kappa shape index (κ1) is 14.2. The van der Waals surface area contributed by atoms with Crippen molar-refractivity contribution in [1.29, 1.82) is 0 Å². The minimum Gasteiger partial charge on any atom is -0.478 e. The van der Waals surface area contributed by atoms with Gasteiger partial charge < -0.3 is 9.67 Å². The fraction of sp³-hybridized carbons (Fsp3) is 0.182. The van der Waals surface area contributed by atoms with E-state index in [-0.39, 0.29) is 17.0 Å². The van der Waals surface area contributed by atoms with Crippen LogP contribution in [0.2, 0.25) is 0 Å². The maximum atomic E-state index is 12.0. The quantitative estimate of drug-likeness (QED) is 0.802. The van der Waals surface area contributed by atoms with Gasteiger partial charge in [0.25, 0.3) is 0 Å². The molecule has 20 heavy (non-hydrogen) atoms. The minimum absolute atomic E-state index is 0.000481. The lowest BCUT2D eigenvalue weighted by Crippen LogP contribution is -2.24. The molecule has 0 aliphatic carbocycles. The van der Waals surface area contributed by atoms with Crippen LogP contribution in [0.5, 0.6) is 0 Å². The number of benzene rings is 1. The Morgan fingerprint density at radius 2 is 2.00 bits per heavy atom. The molecule has 0 unspecified atom stereocenters. The van der Waals surface area contributed by atoms with Crippen molar-refractivity contribution in [2.75, 3.05) is 0 Å². The van der Waals surface area contributed by atoms with Crippen LogP contribution >= 0.6 is 0 Å². The summed E-state index contributed by atoms with van der Waals surface area (Å²) >= 11 is 0. The number of carboxylic acids is 1. The lowest BCUT2D eigenvalue weighted by Gasteiger charge is -2.06. The highest BCUT2D eigenvalue weighted by molar-refractivity contribution is 7.89. The van der Waals surface area contributed by atoms with Gasteiger partial charge in [0, 0.05) is 7.05 Å². The number of sulfonamides is 1. The van der Waals surface area contributed by atoms with E-state index in [9.17, 15) is 13.2 Å². The van der Waals surface area contributed by atoms with Gasteiger partial charge in [-0.25, -0.2) is 17.9 Å². The SMILES string of the molecule is Cn1cnnc1CNS(=O)(=O)c1ccc(C(=O)O)cc1. The Balaban J connectivity index is 2.14. The van der Waals surface area contributed by atoms with Crippen molar-refractivity contribution < 1.29 is 18.3 Å². The molecule has 0 fully saturated rings. The smallest absolute Gasteiger partial charge is 0.335 e. The molecular weight excluding hydrogens is 284 g/mol. The number of hydrogen-bond donors (Lipinski definition) is 2. The number of aryl methyl sites for hydroxylation is 1. The third-order valence-electron chi connectivity index (χ3n) is 2.64. The Morgan fingerprint density at radius 3 is 2.50 bits per heavy atom. The lowest BCUT2D eigenvalue weighted by atomic mass is 10.2. The highest BCUT2D eigenvalue weighted by Gasteiger charge is 2.15. The van der Waals surface area contributed by atoms with Crippen molar-refractivity contribution in [2.24, 2.45) is 7.05 Å². The summed E-state index contributed by atoms with van der Waals surface area (Å²) in [4.78, 5) is 10.7. The zero-order valence-corrected chi connectivity index (χ0v) is 11.3. The molecule has 2 N–H and O–H groups in total. The summed E-state index contributed by atoms with van der Waals surface area (Å²) in [6, 6.07) is 4.95. The van der Waals surface area contributed by atoms with Crippen LogP contribution in [0.25, 0.3) is 0 Å². The summed E-state index contributed by atoms with van der Waals surface area (Å²) in [5, 5.41) is 16.2. The summed E-state index contributed by atoms with van der Waals surface area (Å²) in [7, 11) is -2.02. The van der Waals surface area contributed by atoms with E-state index >= 15 is 0 Å². The molecule has 0 saturated carbocycles. The molecule has 0 spiro atoms. The van der Waals surface area contributed by atoms with Crippen LogP contribution in [0.4, 0.5) is 0 Å². The van der Waals surface area contributed by atoms with Crippen molar-refractivity contribution >= 4 is 16.0 Å². The van der Waals surface area contributed by atoms with Gasteiger partial charge in [-0.2, -0.15) is 0 Å². The largest absolute Gasteiger partial charge is 0.478 e. The number of nitrogens with one attached hydrogen (secondary N) is 1. The summed E-state index contributed by atoms with van der Waals surface area (Å²) in [6.45, 7) is -0.000481. The van der Waals surface area contributed by atoms with Gasteiger partial charge in [-0.1, -0.05) is 0 Å². The standard InChI is InChI=1S/C11H12N4O4S/c1-15-7-12-14-10(15)6-13-20(18,19)9-4-2-8(3-5-9)11(16)17/h2-5,7,13H,6H2,1H3,(H,16,17). The number of carboxylic acid groups (broad SMARTS) is 1. The maximum absolute atomic E-state index is 12.0. The Labute approximate surface area is 115 Å². The predicted octanol–water partition coefficient (Wildman–Crippen LogP) is -0.00820. The van der Waals surface area contributed by atoms with Gasteiger partial charge in [0.1, 0.15) is 12.2 Å². The van der Waals surface area contributed by atoms with Crippen molar-refractivity contribution in [1.82, 2.24) is 19.5 Å². The Kier molecular flexibility index (Phi) is 3.81. The highest BCUT2D eigenvalue weighted by Crippen LogP contribution is 2.11. The normalized spacial score (nSPS) is 11.4. The molecule has 1 heterocycles. The molecular formula is C11H12N4O4S. The number of carbonyl (C=O) groups is 1.